The van der Waals surface area contributed by atoms with Crippen molar-refractivity contribution in [2.75, 3.05) is 6.61 Å². The topological polar surface area (TPSA) is 116 Å². The molecule has 1 atom stereocenters. The minimum absolute atomic E-state index is 0.0357. The molecule has 0 aliphatic carbocycles. The van der Waals surface area contributed by atoms with Crippen LogP contribution in [0.3, 0.4) is 0 Å². The van der Waals surface area contributed by atoms with Gasteiger partial charge in [-0.05, 0) is 74.7 Å². The molecule has 4 aromatic rings. The van der Waals surface area contributed by atoms with E-state index >= 15 is 0 Å². The highest BCUT2D eigenvalue weighted by molar-refractivity contribution is 6.76. The van der Waals surface area contributed by atoms with E-state index in [1.807, 2.05) is 6.07 Å². The summed E-state index contributed by atoms with van der Waals surface area (Å²) in [5.74, 6) is -2.63. The normalized spacial score (nSPS) is 12.7. The first kappa shape index (κ1) is 32.7. The zero-order valence-electron chi connectivity index (χ0n) is 25.8. The van der Waals surface area contributed by atoms with Gasteiger partial charge in [0.15, 0.2) is 0 Å². The number of carboxylic acids is 1. The van der Waals surface area contributed by atoms with Crippen molar-refractivity contribution in [3.05, 3.63) is 83.2 Å². The van der Waals surface area contributed by atoms with Crippen molar-refractivity contribution in [3.63, 3.8) is 0 Å². The standard InChI is InChI=1S/C32H38F2N4O5Si/c1-32(2,3)43-31(41)37-26(14-20-12-23(33)16-24(34)13-20)29-25(21-8-7-9-22(15-21)30(39)40)17-28-27(36-29)18-35-38(28)19-42-10-11-44(4,5)6/h7-9,12-13,15-18,26H,10-11,14,19H2,1-6H3,(H,37,41)(H,39,40)/t26-/m0/s1. The summed E-state index contributed by atoms with van der Waals surface area (Å²) < 4.78 is 41.5. The number of amides is 1. The molecule has 2 aromatic carbocycles. The van der Waals surface area contributed by atoms with Gasteiger partial charge in [-0.1, -0.05) is 31.8 Å². The Labute approximate surface area is 256 Å². The second kappa shape index (κ2) is 13.2. The fourth-order valence-corrected chi connectivity index (χ4v) is 5.36. The van der Waals surface area contributed by atoms with Crippen LogP contribution in [-0.4, -0.2) is 52.2 Å². The number of carbonyl (C=O) groups excluding carboxylic acids is 1. The van der Waals surface area contributed by atoms with E-state index < -0.39 is 43.4 Å². The molecular formula is C32H38F2N4O5Si. The molecule has 2 heterocycles. The molecule has 234 valence electrons. The second-order valence-electron chi connectivity index (χ2n) is 12.9. The summed E-state index contributed by atoms with van der Waals surface area (Å²) in [6, 6.07) is 11.3. The van der Waals surface area contributed by atoms with Gasteiger partial charge in [0.25, 0.3) is 0 Å². The summed E-state index contributed by atoms with van der Waals surface area (Å²) >= 11 is 0. The molecule has 0 bridgehead atoms. The average Bonchev–Trinajstić information content (AvgIpc) is 3.29. The molecule has 0 saturated carbocycles. The Bertz CT molecular complexity index is 1640. The number of pyridine rings is 1. The van der Waals surface area contributed by atoms with Crippen molar-refractivity contribution in [2.24, 2.45) is 0 Å². The number of carbonyl (C=O) groups is 2. The quantitative estimate of drug-likeness (QED) is 0.134. The first-order chi connectivity index (χ1) is 20.6. The van der Waals surface area contributed by atoms with E-state index in [1.54, 1.807) is 43.8 Å². The Morgan fingerprint density at radius 2 is 1.77 bits per heavy atom. The van der Waals surface area contributed by atoms with Crippen LogP contribution in [0.5, 0.6) is 0 Å². The van der Waals surface area contributed by atoms with Gasteiger partial charge in [-0.25, -0.2) is 28.0 Å². The number of aromatic carboxylic acids is 1. The molecule has 2 N–H and O–H groups in total. The minimum atomic E-state index is -1.30. The number of aromatic nitrogens is 3. The molecule has 44 heavy (non-hydrogen) atoms. The molecule has 4 rings (SSSR count). The Kier molecular flexibility index (Phi) is 9.84. The maximum Gasteiger partial charge on any atom is 0.408 e. The molecule has 1 amide bonds. The van der Waals surface area contributed by atoms with Crippen LogP contribution < -0.4 is 5.32 Å². The zero-order valence-corrected chi connectivity index (χ0v) is 26.8. The van der Waals surface area contributed by atoms with Crippen LogP contribution in [0, 0.1) is 11.6 Å². The van der Waals surface area contributed by atoms with Crippen LogP contribution in [0.2, 0.25) is 25.7 Å². The predicted octanol–water partition coefficient (Wildman–Crippen LogP) is 7.20. The van der Waals surface area contributed by atoms with E-state index in [2.05, 4.69) is 30.1 Å². The van der Waals surface area contributed by atoms with Gasteiger partial charge >= 0.3 is 12.1 Å². The number of fused-ring (bicyclic) bond motifs is 1. The van der Waals surface area contributed by atoms with Gasteiger partial charge in [0.1, 0.15) is 29.5 Å². The van der Waals surface area contributed by atoms with Gasteiger partial charge < -0.3 is 19.9 Å². The lowest BCUT2D eigenvalue weighted by Gasteiger charge is -2.25. The lowest BCUT2D eigenvalue weighted by atomic mass is 9.94. The van der Waals surface area contributed by atoms with Gasteiger partial charge in [0.05, 0.1) is 29.0 Å². The highest BCUT2D eigenvalue weighted by Gasteiger charge is 2.26. The van der Waals surface area contributed by atoms with Crippen LogP contribution in [0.1, 0.15) is 48.4 Å². The summed E-state index contributed by atoms with van der Waals surface area (Å²) in [5, 5.41) is 17.0. The van der Waals surface area contributed by atoms with Crippen LogP contribution in [0.15, 0.2) is 54.7 Å². The van der Waals surface area contributed by atoms with Crippen molar-refractivity contribution >= 4 is 31.2 Å². The highest BCUT2D eigenvalue weighted by Crippen LogP contribution is 2.33. The molecule has 9 nitrogen and oxygen atoms in total. The third-order valence-corrected chi connectivity index (χ3v) is 8.38. The number of carboxylic acid groups (broad SMARTS) is 1. The molecule has 0 saturated heterocycles. The maximum absolute atomic E-state index is 14.2. The first-order valence-corrected chi connectivity index (χ1v) is 18.0. The van der Waals surface area contributed by atoms with Crippen LogP contribution in [-0.2, 0) is 22.6 Å². The number of hydrogen-bond acceptors (Lipinski definition) is 6. The van der Waals surface area contributed by atoms with Crippen molar-refractivity contribution in [1.82, 2.24) is 20.1 Å². The zero-order chi connectivity index (χ0) is 32.2. The highest BCUT2D eigenvalue weighted by atomic mass is 28.3. The largest absolute Gasteiger partial charge is 0.478 e. The Balaban J connectivity index is 1.84. The molecule has 2 aromatic heterocycles. The summed E-state index contributed by atoms with van der Waals surface area (Å²) in [7, 11) is -1.30. The predicted molar refractivity (Wildman–Crippen MR) is 166 cm³/mol. The van der Waals surface area contributed by atoms with Crippen LogP contribution in [0.4, 0.5) is 13.6 Å². The maximum atomic E-state index is 14.2. The van der Waals surface area contributed by atoms with Crippen molar-refractivity contribution in [3.8, 4) is 11.1 Å². The third-order valence-electron chi connectivity index (χ3n) is 6.67. The van der Waals surface area contributed by atoms with Crippen molar-refractivity contribution in [2.45, 2.75) is 71.3 Å². The molecule has 0 radical (unpaired) electrons. The number of nitrogens with zero attached hydrogens (tertiary/aromatic N) is 3. The second-order valence-corrected chi connectivity index (χ2v) is 18.5. The number of nitrogens with one attached hydrogen (secondary N) is 1. The van der Waals surface area contributed by atoms with Gasteiger partial charge in [-0.3, -0.25) is 0 Å². The fourth-order valence-electron chi connectivity index (χ4n) is 4.60. The fraction of sp³-hybridized carbons (Fsp3) is 0.375. The first-order valence-electron chi connectivity index (χ1n) is 14.3. The van der Waals surface area contributed by atoms with Gasteiger partial charge in [-0.15, -0.1) is 0 Å². The van der Waals surface area contributed by atoms with E-state index in [-0.39, 0.29) is 24.3 Å². The van der Waals surface area contributed by atoms with E-state index in [4.69, 9.17) is 14.5 Å². The number of alkyl carbamates (subject to hydrolysis) is 1. The van der Waals surface area contributed by atoms with Crippen LogP contribution in [0.25, 0.3) is 22.2 Å². The molecule has 0 aliphatic heterocycles. The van der Waals surface area contributed by atoms with E-state index in [0.29, 0.717) is 34.5 Å². The van der Waals surface area contributed by atoms with Crippen LogP contribution >= 0.6 is 0 Å². The van der Waals surface area contributed by atoms with Crippen molar-refractivity contribution in [1.29, 1.82) is 0 Å². The van der Waals surface area contributed by atoms with Crippen molar-refractivity contribution < 1.29 is 33.0 Å². The SMILES string of the molecule is CC(C)(C)OC(=O)N[C@@H](Cc1cc(F)cc(F)c1)c1nc2cnn(COCC[Si](C)(C)C)c2cc1-c1cccc(C(=O)O)c1. The van der Waals surface area contributed by atoms with Gasteiger partial charge in [0, 0.05) is 26.3 Å². The number of ether oxygens (including phenoxy) is 2. The Hall–Kier alpha value is -4.16. The average molecular weight is 625 g/mol. The molecule has 0 unspecified atom stereocenters. The third kappa shape index (κ3) is 8.93. The summed E-state index contributed by atoms with van der Waals surface area (Å²) in [4.78, 5) is 29.7. The summed E-state index contributed by atoms with van der Waals surface area (Å²) in [6.07, 6.45) is 0.786. The Morgan fingerprint density at radius 1 is 1.07 bits per heavy atom. The minimum Gasteiger partial charge on any atom is -0.478 e. The summed E-state index contributed by atoms with van der Waals surface area (Å²) in [6.45, 7) is 12.7. The molecule has 12 heteroatoms. The molecule has 0 spiro atoms. The van der Waals surface area contributed by atoms with E-state index in [9.17, 15) is 23.5 Å². The number of rotatable bonds is 11. The lowest BCUT2D eigenvalue weighted by Crippen LogP contribution is -2.36. The number of halogens is 2. The van der Waals surface area contributed by atoms with Gasteiger partial charge in [0.2, 0.25) is 0 Å². The van der Waals surface area contributed by atoms with E-state index in [1.165, 1.54) is 24.3 Å². The molecular weight excluding hydrogens is 586 g/mol. The van der Waals surface area contributed by atoms with Gasteiger partial charge in [-0.2, -0.15) is 5.10 Å². The molecule has 0 aliphatic rings. The number of hydrogen-bond donors (Lipinski definition) is 2. The smallest absolute Gasteiger partial charge is 0.408 e. The Morgan fingerprint density at radius 3 is 2.41 bits per heavy atom. The molecule has 0 fully saturated rings. The monoisotopic (exact) mass is 624 g/mol. The number of benzene rings is 2. The lowest BCUT2D eigenvalue weighted by molar-refractivity contribution is 0.0502. The summed E-state index contributed by atoms with van der Waals surface area (Å²) in [5.41, 5.74) is 2.01. The van der Waals surface area contributed by atoms with E-state index in [0.717, 1.165) is 12.1 Å².